The van der Waals surface area contributed by atoms with Crippen LogP contribution < -0.4 is 0 Å². The highest BCUT2D eigenvalue weighted by Crippen LogP contribution is 2.41. The molecule has 1 unspecified atom stereocenters. The summed E-state index contributed by atoms with van der Waals surface area (Å²) in [6.45, 7) is 6.13. The predicted octanol–water partition coefficient (Wildman–Crippen LogP) is 2.56. The fraction of sp³-hybridized carbons (Fsp3) is 0.438. The van der Waals surface area contributed by atoms with Gasteiger partial charge in [-0.15, -0.1) is 0 Å². The second-order valence-corrected chi connectivity index (χ2v) is 6.33. The Balaban J connectivity index is 2.39. The molecule has 4 nitrogen and oxygen atoms in total. The van der Waals surface area contributed by atoms with E-state index in [1.54, 1.807) is 13.8 Å². The normalized spacial score (nSPS) is 23.6. The zero-order chi connectivity index (χ0) is 16.0. The highest BCUT2D eigenvalue weighted by molar-refractivity contribution is 6.13. The molecule has 0 aliphatic carbocycles. The van der Waals surface area contributed by atoms with Gasteiger partial charge in [0.1, 0.15) is 11.2 Å². The van der Waals surface area contributed by atoms with Crippen LogP contribution >= 0.6 is 0 Å². The molecule has 5 heteroatoms. The van der Waals surface area contributed by atoms with Crippen molar-refractivity contribution in [3.05, 3.63) is 35.6 Å². The fourth-order valence-electron chi connectivity index (χ4n) is 2.57. The zero-order valence-electron chi connectivity index (χ0n) is 12.4. The van der Waals surface area contributed by atoms with Crippen LogP contribution in [0.15, 0.2) is 24.3 Å². The van der Waals surface area contributed by atoms with Gasteiger partial charge in [0.15, 0.2) is 11.9 Å². The Morgan fingerprint density at radius 1 is 1.10 bits per heavy atom. The van der Waals surface area contributed by atoms with E-state index in [1.807, 2.05) is 0 Å². The molecule has 1 aliphatic heterocycles. The lowest BCUT2D eigenvalue weighted by molar-refractivity contribution is -0.181. The Bertz CT molecular complexity index is 614. The molecule has 1 aromatic rings. The highest BCUT2D eigenvalue weighted by Gasteiger charge is 2.57. The molecule has 1 heterocycles. The number of cyclic esters (lactones) is 1. The van der Waals surface area contributed by atoms with Crippen molar-refractivity contribution >= 4 is 17.5 Å². The van der Waals surface area contributed by atoms with Gasteiger partial charge in [-0.2, -0.15) is 0 Å². The molecule has 0 spiro atoms. The molecule has 0 saturated carbocycles. The number of halogens is 1. The number of hydrogen-bond donors (Lipinski definition) is 0. The molecule has 0 radical (unpaired) electrons. The van der Waals surface area contributed by atoms with Gasteiger partial charge >= 0.3 is 5.97 Å². The van der Waals surface area contributed by atoms with Crippen LogP contribution in [0, 0.1) is 16.6 Å². The lowest BCUT2D eigenvalue weighted by Gasteiger charge is -2.42. The Hall–Kier alpha value is -2.04. The van der Waals surface area contributed by atoms with E-state index >= 15 is 0 Å². The molecule has 0 amide bonds. The first kappa shape index (κ1) is 15.4. The van der Waals surface area contributed by atoms with E-state index < -0.39 is 34.5 Å². The monoisotopic (exact) mass is 292 g/mol. The quantitative estimate of drug-likeness (QED) is 0.477. The Kier molecular flexibility index (Phi) is 3.48. The number of carbonyl (C=O) groups is 3. The van der Waals surface area contributed by atoms with Crippen LogP contribution in [-0.4, -0.2) is 23.6 Å². The molecule has 1 aliphatic rings. The third-order valence-corrected chi connectivity index (χ3v) is 3.91. The van der Waals surface area contributed by atoms with Crippen LogP contribution in [0.1, 0.15) is 38.1 Å². The standard InChI is InChI=1S/C16H17FO4/c1-15(2)12(21-14(20)16(3,4)13(15)19)11(18)9-5-7-10(17)8-6-9/h5-8,12H,1-4H3. The van der Waals surface area contributed by atoms with E-state index in [1.165, 1.54) is 26.0 Å². The molecular weight excluding hydrogens is 275 g/mol. The van der Waals surface area contributed by atoms with Crippen molar-refractivity contribution in [2.24, 2.45) is 10.8 Å². The Morgan fingerprint density at radius 3 is 2.14 bits per heavy atom. The van der Waals surface area contributed by atoms with Crippen molar-refractivity contribution < 1.29 is 23.5 Å². The summed E-state index contributed by atoms with van der Waals surface area (Å²) in [6.07, 6.45) is -1.20. The van der Waals surface area contributed by atoms with E-state index in [0.717, 1.165) is 12.1 Å². The Labute approximate surface area is 122 Å². The third-order valence-electron chi connectivity index (χ3n) is 3.91. The molecule has 0 N–H and O–H groups in total. The summed E-state index contributed by atoms with van der Waals surface area (Å²) in [6, 6.07) is 4.92. The number of esters is 1. The van der Waals surface area contributed by atoms with Crippen LogP contribution in [0.4, 0.5) is 4.39 Å². The number of ketones is 2. The second-order valence-electron chi connectivity index (χ2n) is 6.33. The minimum atomic E-state index is -1.27. The molecule has 21 heavy (non-hydrogen) atoms. The third kappa shape index (κ3) is 2.37. The molecule has 112 valence electrons. The van der Waals surface area contributed by atoms with E-state index in [2.05, 4.69) is 0 Å². The largest absolute Gasteiger partial charge is 0.452 e. The number of hydrogen-bond acceptors (Lipinski definition) is 4. The average molecular weight is 292 g/mol. The number of benzene rings is 1. The number of ether oxygens (including phenoxy) is 1. The minimum Gasteiger partial charge on any atom is -0.452 e. The fourth-order valence-corrected chi connectivity index (χ4v) is 2.57. The van der Waals surface area contributed by atoms with Crippen molar-refractivity contribution in [1.29, 1.82) is 0 Å². The van der Waals surface area contributed by atoms with Crippen LogP contribution in [0.25, 0.3) is 0 Å². The molecule has 1 fully saturated rings. The molecule has 2 rings (SSSR count). The molecule has 1 saturated heterocycles. The van der Waals surface area contributed by atoms with Crippen LogP contribution in [-0.2, 0) is 14.3 Å². The number of Topliss-reactive ketones (excluding diaryl/α,β-unsaturated/α-hetero) is 2. The van der Waals surface area contributed by atoms with Gasteiger partial charge in [0, 0.05) is 5.56 Å². The first-order valence-electron chi connectivity index (χ1n) is 6.64. The van der Waals surface area contributed by atoms with Crippen molar-refractivity contribution in [3.63, 3.8) is 0 Å². The van der Waals surface area contributed by atoms with Gasteiger partial charge in [-0.3, -0.25) is 14.4 Å². The maximum absolute atomic E-state index is 12.9. The number of rotatable bonds is 2. The summed E-state index contributed by atoms with van der Waals surface area (Å²) in [5.41, 5.74) is -2.21. The van der Waals surface area contributed by atoms with Gasteiger partial charge in [-0.25, -0.2) is 4.39 Å². The van der Waals surface area contributed by atoms with Crippen molar-refractivity contribution in [2.75, 3.05) is 0 Å². The van der Waals surface area contributed by atoms with Gasteiger partial charge in [-0.05, 0) is 52.0 Å². The van der Waals surface area contributed by atoms with Gasteiger partial charge in [-0.1, -0.05) is 0 Å². The average Bonchev–Trinajstić information content (AvgIpc) is 2.42. The second kappa shape index (κ2) is 4.76. The Morgan fingerprint density at radius 2 is 1.62 bits per heavy atom. The topological polar surface area (TPSA) is 60.4 Å². The van der Waals surface area contributed by atoms with Crippen molar-refractivity contribution in [1.82, 2.24) is 0 Å². The summed E-state index contributed by atoms with van der Waals surface area (Å²) in [5.74, 6) is -2.03. The first-order valence-corrected chi connectivity index (χ1v) is 6.64. The van der Waals surface area contributed by atoms with E-state index in [4.69, 9.17) is 4.74 Å². The van der Waals surface area contributed by atoms with E-state index in [0.29, 0.717) is 0 Å². The molecule has 1 aromatic carbocycles. The molecule has 1 atom stereocenters. The van der Waals surface area contributed by atoms with Gasteiger partial charge in [0.05, 0.1) is 5.41 Å². The summed E-state index contributed by atoms with van der Waals surface area (Å²) < 4.78 is 18.2. The maximum atomic E-state index is 12.9. The summed E-state index contributed by atoms with van der Waals surface area (Å²) >= 11 is 0. The minimum absolute atomic E-state index is 0.204. The predicted molar refractivity (Wildman–Crippen MR) is 73.2 cm³/mol. The lowest BCUT2D eigenvalue weighted by Crippen LogP contribution is -2.58. The summed E-state index contributed by atoms with van der Waals surface area (Å²) in [7, 11) is 0. The highest BCUT2D eigenvalue weighted by atomic mass is 19.1. The van der Waals surface area contributed by atoms with E-state index in [-0.39, 0.29) is 11.3 Å². The molecular formula is C16H17FO4. The van der Waals surface area contributed by atoms with Gasteiger partial charge < -0.3 is 4.74 Å². The van der Waals surface area contributed by atoms with Crippen LogP contribution in [0.3, 0.4) is 0 Å². The maximum Gasteiger partial charge on any atom is 0.319 e. The molecule has 0 bridgehead atoms. The smallest absolute Gasteiger partial charge is 0.319 e. The van der Waals surface area contributed by atoms with Crippen LogP contribution in [0.5, 0.6) is 0 Å². The summed E-state index contributed by atoms with van der Waals surface area (Å²) in [5, 5.41) is 0. The van der Waals surface area contributed by atoms with E-state index in [9.17, 15) is 18.8 Å². The van der Waals surface area contributed by atoms with Gasteiger partial charge in [0.2, 0.25) is 5.78 Å². The van der Waals surface area contributed by atoms with Crippen molar-refractivity contribution in [2.45, 2.75) is 33.8 Å². The summed E-state index contributed by atoms with van der Waals surface area (Å²) in [4.78, 5) is 36.9. The van der Waals surface area contributed by atoms with Crippen molar-refractivity contribution in [3.8, 4) is 0 Å². The lowest BCUT2D eigenvalue weighted by atomic mass is 9.67. The first-order chi connectivity index (χ1) is 9.58. The van der Waals surface area contributed by atoms with Crippen LogP contribution in [0.2, 0.25) is 0 Å². The number of carbonyl (C=O) groups excluding carboxylic acids is 3. The SMILES string of the molecule is CC1(C)C(=O)OC(C(=O)c2ccc(F)cc2)C(C)(C)C1=O. The zero-order valence-corrected chi connectivity index (χ0v) is 12.4. The van der Waals surface area contributed by atoms with Gasteiger partial charge in [0.25, 0.3) is 0 Å². The molecule has 0 aromatic heterocycles.